The van der Waals surface area contributed by atoms with Gasteiger partial charge in [-0.25, -0.2) is 19.9 Å². The van der Waals surface area contributed by atoms with Crippen LogP contribution in [-0.4, -0.2) is 52.3 Å². The number of nitrogens with zero attached hydrogens (tertiary/aromatic N) is 4. The zero-order chi connectivity index (χ0) is 22.2. The van der Waals surface area contributed by atoms with Gasteiger partial charge in [0.15, 0.2) is 23.7 Å². The number of carbonyl (C=O) groups is 1. The average molecular weight is 421 g/mol. The molecule has 9 heteroatoms. The van der Waals surface area contributed by atoms with E-state index in [4.69, 9.17) is 14.2 Å². The van der Waals surface area contributed by atoms with Crippen LogP contribution in [0.25, 0.3) is 17.5 Å². The number of aromatic amines is 1. The van der Waals surface area contributed by atoms with E-state index in [2.05, 4.69) is 31.5 Å². The van der Waals surface area contributed by atoms with E-state index in [0.717, 1.165) is 5.56 Å². The minimum absolute atomic E-state index is 0.0788. The number of hydrogen-bond acceptors (Lipinski definition) is 8. The number of hydrogen-bond donors (Lipinski definition) is 1. The molecule has 9 nitrogen and oxygen atoms in total. The summed E-state index contributed by atoms with van der Waals surface area (Å²) in [6.07, 6.45) is 6.56. The molecule has 1 unspecified atom stereocenters. The van der Waals surface area contributed by atoms with Crippen molar-refractivity contribution >= 4 is 24.4 Å². The zero-order valence-electron chi connectivity index (χ0n) is 17.5. The smallest absolute Gasteiger partial charge is 0.192 e. The number of imidazole rings is 1. The Morgan fingerprint density at radius 3 is 2.58 bits per heavy atom. The maximum absolute atomic E-state index is 10.8. The molecule has 31 heavy (non-hydrogen) atoms. The number of ether oxygens (including phenoxy) is 3. The Balaban J connectivity index is 1.99. The number of aldehydes is 1. The number of aromatic nitrogens is 4. The molecule has 2 heterocycles. The van der Waals surface area contributed by atoms with E-state index in [-0.39, 0.29) is 11.9 Å². The van der Waals surface area contributed by atoms with Crippen molar-refractivity contribution in [2.24, 2.45) is 4.99 Å². The van der Waals surface area contributed by atoms with E-state index in [9.17, 15) is 4.79 Å². The van der Waals surface area contributed by atoms with E-state index in [1.54, 1.807) is 31.5 Å². The van der Waals surface area contributed by atoms with Gasteiger partial charge in [-0.15, -0.1) is 0 Å². The van der Waals surface area contributed by atoms with Crippen LogP contribution in [0, 0.1) is 0 Å². The maximum Gasteiger partial charge on any atom is 0.192 e. The lowest BCUT2D eigenvalue weighted by Crippen LogP contribution is -2.17. The van der Waals surface area contributed by atoms with Gasteiger partial charge in [0, 0.05) is 25.0 Å². The van der Waals surface area contributed by atoms with Crippen LogP contribution in [0.1, 0.15) is 30.2 Å². The van der Waals surface area contributed by atoms with Crippen molar-refractivity contribution in [3.8, 4) is 28.6 Å². The molecule has 1 atom stereocenters. The van der Waals surface area contributed by atoms with Gasteiger partial charge in [-0.05, 0) is 32.1 Å². The summed E-state index contributed by atoms with van der Waals surface area (Å²) in [5.74, 6) is 2.62. The molecule has 0 aliphatic rings. The van der Waals surface area contributed by atoms with Crippen molar-refractivity contribution in [1.29, 1.82) is 0 Å². The summed E-state index contributed by atoms with van der Waals surface area (Å²) in [6, 6.07) is 5.38. The second-order valence-electron chi connectivity index (χ2n) is 6.49. The fraction of sp³-hybridized carbons (Fsp3) is 0.227. The van der Waals surface area contributed by atoms with Crippen LogP contribution in [0.3, 0.4) is 0 Å². The summed E-state index contributed by atoms with van der Waals surface area (Å²) in [4.78, 5) is 30.6. The van der Waals surface area contributed by atoms with Gasteiger partial charge in [0.25, 0.3) is 0 Å². The molecule has 1 aromatic carbocycles. The molecule has 0 spiro atoms. The summed E-state index contributed by atoms with van der Waals surface area (Å²) in [6.45, 7) is 7.95. The third-order valence-corrected chi connectivity index (χ3v) is 4.05. The molecule has 3 rings (SSSR count). The summed E-state index contributed by atoms with van der Waals surface area (Å²) in [7, 11) is 1.61. The molecular formula is C22H23N5O4. The largest absolute Gasteiger partial charge is 0.488 e. The highest BCUT2D eigenvalue weighted by molar-refractivity contribution is 5.70. The fourth-order valence-corrected chi connectivity index (χ4v) is 2.79. The maximum atomic E-state index is 10.8. The van der Waals surface area contributed by atoms with Gasteiger partial charge in [0.2, 0.25) is 0 Å². The first-order valence-electron chi connectivity index (χ1n) is 9.53. The van der Waals surface area contributed by atoms with Gasteiger partial charge < -0.3 is 19.2 Å². The van der Waals surface area contributed by atoms with Crippen molar-refractivity contribution in [3.05, 3.63) is 48.7 Å². The van der Waals surface area contributed by atoms with Crippen molar-refractivity contribution in [2.75, 3.05) is 13.7 Å². The SMILES string of the molecule is C=Cc1[nH]c(-c2cc(Oc3cnc(C=O)nc3)cc(OC(C)COC)c2)nc1/N=C\C. The van der Waals surface area contributed by atoms with Crippen molar-refractivity contribution in [3.63, 3.8) is 0 Å². The van der Waals surface area contributed by atoms with Gasteiger partial charge >= 0.3 is 0 Å². The van der Waals surface area contributed by atoms with Crippen LogP contribution in [0.15, 0.2) is 42.2 Å². The van der Waals surface area contributed by atoms with Crippen LogP contribution in [0.5, 0.6) is 17.2 Å². The lowest BCUT2D eigenvalue weighted by Gasteiger charge is -2.16. The predicted molar refractivity (Wildman–Crippen MR) is 117 cm³/mol. The van der Waals surface area contributed by atoms with E-state index in [1.165, 1.54) is 12.4 Å². The molecule has 0 radical (unpaired) electrons. The van der Waals surface area contributed by atoms with Crippen LogP contribution >= 0.6 is 0 Å². The highest BCUT2D eigenvalue weighted by Gasteiger charge is 2.14. The van der Waals surface area contributed by atoms with Crippen LogP contribution in [-0.2, 0) is 4.74 Å². The zero-order valence-corrected chi connectivity index (χ0v) is 17.5. The Morgan fingerprint density at radius 1 is 1.19 bits per heavy atom. The van der Waals surface area contributed by atoms with Gasteiger partial charge in [0.05, 0.1) is 24.7 Å². The summed E-state index contributed by atoms with van der Waals surface area (Å²) in [5, 5.41) is 0. The first-order valence-corrected chi connectivity index (χ1v) is 9.53. The van der Waals surface area contributed by atoms with Crippen LogP contribution < -0.4 is 9.47 Å². The first kappa shape index (κ1) is 21.8. The van der Waals surface area contributed by atoms with E-state index >= 15 is 0 Å². The van der Waals surface area contributed by atoms with Crippen molar-refractivity contribution < 1.29 is 19.0 Å². The molecule has 2 aromatic heterocycles. The topological polar surface area (TPSA) is 112 Å². The number of methoxy groups -OCH3 is 1. The highest BCUT2D eigenvalue weighted by Crippen LogP contribution is 2.33. The van der Waals surface area contributed by atoms with E-state index < -0.39 is 0 Å². The molecule has 0 saturated carbocycles. The number of aliphatic imine (C=N–C) groups is 1. The number of H-pyrrole nitrogens is 1. The third-order valence-electron chi connectivity index (χ3n) is 4.05. The highest BCUT2D eigenvalue weighted by atomic mass is 16.5. The van der Waals surface area contributed by atoms with Crippen molar-refractivity contribution in [2.45, 2.75) is 20.0 Å². The Hall–Kier alpha value is -3.85. The van der Waals surface area contributed by atoms with Gasteiger partial charge in [-0.2, -0.15) is 0 Å². The van der Waals surface area contributed by atoms with E-state index in [0.29, 0.717) is 47.5 Å². The minimum atomic E-state index is -0.177. The normalized spacial score (nSPS) is 12.0. The van der Waals surface area contributed by atoms with E-state index in [1.807, 2.05) is 19.9 Å². The predicted octanol–water partition coefficient (Wildman–Crippen LogP) is 4.25. The van der Waals surface area contributed by atoms with Crippen molar-refractivity contribution in [1.82, 2.24) is 19.9 Å². The number of nitrogens with one attached hydrogen (secondary N) is 1. The molecule has 1 N–H and O–H groups in total. The van der Waals surface area contributed by atoms with Gasteiger partial charge in [0.1, 0.15) is 23.4 Å². The van der Waals surface area contributed by atoms with Crippen LogP contribution in [0.4, 0.5) is 5.82 Å². The lowest BCUT2D eigenvalue weighted by atomic mass is 10.2. The minimum Gasteiger partial charge on any atom is -0.488 e. The second-order valence-corrected chi connectivity index (χ2v) is 6.49. The first-order chi connectivity index (χ1) is 15.1. The Bertz CT molecular complexity index is 1080. The molecule has 0 aliphatic carbocycles. The fourth-order valence-electron chi connectivity index (χ4n) is 2.79. The Kier molecular flexibility index (Phi) is 7.23. The quantitative estimate of drug-likeness (QED) is 0.385. The molecule has 0 bridgehead atoms. The van der Waals surface area contributed by atoms with Crippen LogP contribution in [0.2, 0.25) is 0 Å². The molecule has 0 saturated heterocycles. The lowest BCUT2D eigenvalue weighted by molar-refractivity contribution is 0.0920. The monoisotopic (exact) mass is 421 g/mol. The van der Waals surface area contributed by atoms with Gasteiger partial charge in [-0.1, -0.05) is 6.58 Å². The summed E-state index contributed by atoms with van der Waals surface area (Å²) < 4.78 is 17.0. The molecule has 0 fully saturated rings. The molecule has 0 aliphatic heterocycles. The molecule has 160 valence electrons. The second kappa shape index (κ2) is 10.3. The Morgan fingerprint density at radius 2 is 1.94 bits per heavy atom. The summed E-state index contributed by atoms with van der Waals surface area (Å²) >= 11 is 0. The molecule has 0 amide bonds. The number of rotatable bonds is 10. The number of benzene rings is 1. The standard InChI is InChI=1S/C22H23N5O4/c1-5-19-22(23-6-2)27-21(26-19)15-7-16(30-14(3)13-29-4)9-17(8-15)31-18-10-24-20(12-28)25-11-18/h5-12,14H,1,13H2,2-4H3,(H,26,27)/b23-6-. The summed E-state index contributed by atoms with van der Waals surface area (Å²) in [5.41, 5.74) is 1.43. The van der Waals surface area contributed by atoms with Gasteiger partial charge in [-0.3, -0.25) is 4.79 Å². The molecular weight excluding hydrogens is 398 g/mol. The number of carbonyl (C=O) groups excluding carboxylic acids is 1. The average Bonchev–Trinajstić information content (AvgIpc) is 3.17. The molecule has 3 aromatic rings. The third kappa shape index (κ3) is 5.61. The Labute approximate surface area is 179 Å².